The molecule has 3 aromatic rings. The minimum atomic E-state index is 0.454. The third-order valence-corrected chi connectivity index (χ3v) is 3.74. The van der Waals surface area contributed by atoms with E-state index in [1.807, 2.05) is 30.5 Å². The van der Waals surface area contributed by atoms with Gasteiger partial charge in [-0.2, -0.15) is 5.26 Å². The summed E-state index contributed by atoms with van der Waals surface area (Å²) >= 11 is 1.58. The summed E-state index contributed by atoms with van der Waals surface area (Å²) in [4.78, 5) is 13.8. The summed E-state index contributed by atoms with van der Waals surface area (Å²) in [6.45, 7) is 0. The number of nitriles is 1. The molecule has 0 radical (unpaired) electrons. The van der Waals surface area contributed by atoms with Crippen molar-refractivity contribution in [1.82, 2.24) is 15.0 Å². The summed E-state index contributed by atoms with van der Waals surface area (Å²) in [5, 5.41) is 9.50. The molecular formula is C15H10N4S. The van der Waals surface area contributed by atoms with Crippen LogP contribution >= 0.6 is 11.3 Å². The van der Waals surface area contributed by atoms with Gasteiger partial charge in [0.25, 0.3) is 0 Å². The van der Waals surface area contributed by atoms with Crippen molar-refractivity contribution in [3.05, 3.63) is 64.9 Å². The average molecular weight is 278 g/mol. The van der Waals surface area contributed by atoms with E-state index in [4.69, 9.17) is 5.26 Å². The molecule has 0 saturated heterocycles. The molecule has 1 aromatic carbocycles. The van der Waals surface area contributed by atoms with Gasteiger partial charge in [0, 0.05) is 29.9 Å². The molecule has 0 amide bonds. The standard InChI is InChI=1S/C15H10N4S/c16-7-12-8-17-14(18-9-12)15-19-10-13(20-15)6-11-4-2-1-3-5-11/h1-5,8-10H,6H2. The summed E-state index contributed by atoms with van der Waals surface area (Å²) in [6, 6.07) is 12.3. The van der Waals surface area contributed by atoms with E-state index in [0.717, 1.165) is 11.4 Å². The third-order valence-electron chi connectivity index (χ3n) is 2.75. The third kappa shape index (κ3) is 2.71. The van der Waals surface area contributed by atoms with Gasteiger partial charge in [-0.3, -0.25) is 0 Å². The second-order valence-corrected chi connectivity index (χ2v) is 5.32. The zero-order valence-electron chi connectivity index (χ0n) is 10.5. The number of aromatic nitrogens is 3. The molecule has 96 valence electrons. The van der Waals surface area contributed by atoms with Crippen molar-refractivity contribution < 1.29 is 0 Å². The maximum absolute atomic E-state index is 8.72. The largest absolute Gasteiger partial charge is 0.241 e. The first-order valence-electron chi connectivity index (χ1n) is 6.06. The summed E-state index contributed by atoms with van der Waals surface area (Å²) in [7, 11) is 0. The Kier molecular flexibility index (Phi) is 3.48. The summed E-state index contributed by atoms with van der Waals surface area (Å²) in [5.74, 6) is 0.563. The molecule has 2 heterocycles. The van der Waals surface area contributed by atoms with Crippen LogP contribution in [0.25, 0.3) is 10.8 Å². The van der Waals surface area contributed by atoms with Gasteiger partial charge in [-0.25, -0.2) is 15.0 Å². The monoisotopic (exact) mass is 278 g/mol. The smallest absolute Gasteiger partial charge is 0.188 e. The Morgan fingerprint density at radius 1 is 1.00 bits per heavy atom. The summed E-state index contributed by atoms with van der Waals surface area (Å²) in [5.41, 5.74) is 1.71. The minimum Gasteiger partial charge on any atom is -0.241 e. The number of thiazole rings is 1. The van der Waals surface area contributed by atoms with Crippen LogP contribution in [0.3, 0.4) is 0 Å². The van der Waals surface area contributed by atoms with Crippen molar-refractivity contribution in [2.75, 3.05) is 0 Å². The quantitative estimate of drug-likeness (QED) is 0.738. The van der Waals surface area contributed by atoms with Gasteiger partial charge >= 0.3 is 0 Å². The van der Waals surface area contributed by atoms with Crippen LogP contribution in [0.2, 0.25) is 0 Å². The second kappa shape index (κ2) is 5.59. The van der Waals surface area contributed by atoms with E-state index in [2.05, 4.69) is 27.1 Å². The molecule has 4 nitrogen and oxygen atoms in total. The fourth-order valence-corrected chi connectivity index (χ4v) is 2.68. The van der Waals surface area contributed by atoms with Crippen LogP contribution in [0.4, 0.5) is 0 Å². The van der Waals surface area contributed by atoms with E-state index in [1.165, 1.54) is 22.8 Å². The Hall–Kier alpha value is -2.58. The lowest BCUT2D eigenvalue weighted by Gasteiger charge is -1.96. The zero-order chi connectivity index (χ0) is 13.8. The van der Waals surface area contributed by atoms with Gasteiger partial charge in [0.15, 0.2) is 10.8 Å². The first kappa shape index (κ1) is 12.5. The van der Waals surface area contributed by atoms with Crippen LogP contribution < -0.4 is 0 Å². The highest BCUT2D eigenvalue weighted by Gasteiger charge is 2.08. The van der Waals surface area contributed by atoms with Crippen LogP contribution in [-0.4, -0.2) is 15.0 Å². The first-order chi connectivity index (χ1) is 9.85. The Labute approximate surface area is 120 Å². The van der Waals surface area contributed by atoms with Gasteiger partial charge < -0.3 is 0 Å². The topological polar surface area (TPSA) is 62.5 Å². The fraction of sp³-hybridized carbons (Fsp3) is 0.0667. The normalized spacial score (nSPS) is 10.2. The molecule has 0 spiro atoms. The van der Waals surface area contributed by atoms with Crippen molar-refractivity contribution in [2.24, 2.45) is 0 Å². The zero-order valence-corrected chi connectivity index (χ0v) is 11.3. The number of hydrogen-bond acceptors (Lipinski definition) is 5. The van der Waals surface area contributed by atoms with E-state index in [9.17, 15) is 0 Å². The number of nitrogens with zero attached hydrogens (tertiary/aromatic N) is 4. The molecule has 5 heteroatoms. The van der Waals surface area contributed by atoms with Crippen LogP contribution in [0, 0.1) is 11.3 Å². The Bertz CT molecular complexity index is 742. The van der Waals surface area contributed by atoms with E-state index in [1.54, 1.807) is 11.3 Å². The van der Waals surface area contributed by atoms with Gasteiger partial charge in [-0.05, 0) is 5.56 Å². The molecule has 0 N–H and O–H groups in total. The molecule has 0 saturated carbocycles. The molecule has 0 bridgehead atoms. The van der Waals surface area contributed by atoms with Crippen LogP contribution in [0.5, 0.6) is 0 Å². The predicted octanol–water partition coefficient (Wildman–Crippen LogP) is 3.06. The molecule has 0 atom stereocenters. The number of benzene rings is 1. The average Bonchev–Trinajstić information content (AvgIpc) is 2.97. The van der Waals surface area contributed by atoms with Crippen molar-refractivity contribution in [2.45, 2.75) is 6.42 Å². The van der Waals surface area contributed by atoms with Crippen molar-refractivity contribution in [3.63, 3.8) is 0 Å². The van der Waals surface area contributed by atoms with E-state index in [0.29, 0.717) is 11.4 Å². The van der Waals surface area contributed by atoms with Gasteiger partial charge in [0.05, 0.1) is 5.56 Å². The second-order valence-electron chi connectivity index (χ2n) is 4.20. The van der Waals surface area contributed by atoms with Crippen LogP contribution in [-0.2, 0) is 6.42 Å². The highest BCUT2D eigenvalue weighted by molar-refractivity contribution is 7.14. The lowest BCUT2D eigenvalue weighted by Crippen LogP contribution is -1.88. The highest BCUT2D eigenvalue weighted by Crippen LogP contribution is 2.23. The lowest BCUT2D eigenvalue weighted by atomic mass is 10.1. The maximum atomic E-state index is 8.72. The molecule has 0 aliphatic heterocycles. The van der Waals surface area contributed by atoms with Gasteiger partial charge in [0.2, 0.25) is 0 Å². The summed E-state index contributed by atoms with van der Waals surface area (Å²) in [6.07, 6.45) is 5.74. The van der Waals surface area contributed by atoms with Crippen molar-refractivity contribution >= 4 is 11.3 Å². The van der Waals surface area contributed by atoms with Crippen LogP contribution in [0.1, 0.15) is 16.0 Å². The molecule has 0 unspecified atom stereocenters. The Morgan fingerprint density at radius 3 is 2.45 bits per heavy atom. The van der Waals surface area contributed by atoms with Gasteiger partial charge in [0.1, 0.15) is 6.07 Å². The molecule has 0 aliphatic carbocycles. The van der Waals surface area contributed by atoms with Crippen molar-refractivity contribution in [3.8, 4) is 16.9 Å². The van der Waals surface area contributed by atoms with E-state index < -0.39 is 0 Å². The molecular weight excluding hydrogens is 268 g/mol. The molecule has 0 aliphatic rings. The Morgan fingerprint density at radius 2 is 1.75 bits per heavy atom. The maximum Gasteiger partial charge on any atom is 0.188 e. The molecule has 20 heavy (non-hydrogen) atoms. The molecule has 2 aromatic heterocycles. The molecule has 3 rings (SSSR count). The SMILES string of the molecule is N#Cc1cnc(-c2ncc(Cc3ccccc3)s2)nc1. The lowest BCUT2D eigenvalue weighted by molar-refractivity contribution is 1.14. The number of rotatable bonds is 3. The van der Waals surface area contributed by atoms with Crippen molar-refractivity contribution in [1.29, 1.82) is 5.26 Å². The fourth-order valence-electron chi connectivity index (χ4n) is 1.79. The highest BCUT2D eigenvalue weighted by atomic mass is 32.1. The minimum absolute atomic E-state index is 0.454. The molecule has 0 fully saturated rings. The van der Waals surface area contributed by atoms with Crippen LogP contribution in [0.15, 0.2) is 48.9 Å². The van der Waals surface area contributed by atoms with E-state index >= 15 is 0 Å². The number of hydrogen-bond donors (Lipinski definition) is 0. The first-order valence-corrected chi connectivity index (χ1v) is 6.88. The Balaban J connectivity index is 1.81. The van der Waals surface area contributed by atoms with E-state index in [-0.39, 0.29) is 0 Å². The van der Waals surface area contributed by atoms with Gasteiger partial charge in [-0.1, -0.05) is 30.3 Å². The van der Waals surface area contributed by atoms with Gasteiger partial charge in [-0.15, -0.1) is 11.3 Å². The summed E-state index contributed by atoms with van der Waals surface area (Å²) < 4.78 is 0. The predicted molar refractivity (Wildman–Crippen MR) is 77.1 cm³/mol.